The third kappa shape index (κ3) is 6.10. The van der Waals surface area contributed by atoms with E-state index in [0.29, 0.717) is 32.8 Å². The molecule has 1 fully saturated rings. The van der Waals surface area contributed by atoms with Crippen molar-refractivity contribution in [3.05, 3.63) is 64.2 Å². The topological polar surface area (TPSA) is 44.8 Å². The molecule has 2 aromatic rings. The fourth-order valence-corrected chi connectivity index (χ4v) is 4.35. The molecule has 0 bridgehead atoms. The van der Waals surface area contributed by atoms with Crippen molar-refractivity contribution >= 4 is 5.91 Å². The monoisotopic (exact) mass is 477 g/mol. The Hall–Kier alpha value is -2.58. The van der Waals surface area contributed by atoms with Crippen molar-refractivity contribution in [3.63, 3.8) is 0 Å². The van der Waals surface area contributed by atoms with Crippen LogP contribution in [0.15, 0.2) is 36.4 Å². The van der Waals surface area contributed by atoms with Gasteiger partial charge in [-0.25, -0.2) is 0 Å². The lowest BCUT2D eigenvalue weighted by atomic mass is 9.96. The quantitative estimate of drug-likeness (QED) is 0.554. The lowest BCUT2D eigenvalue weighted by molar-refractivity contribution is -0.137. The second-order valence-electron chi connectivity index (χ2n) is 8.79. The van der Waals surface area contributed by atoms with E-state index < -0.39 is 11.7 Å². The summed E-state index contributed by atoms with van der Waals surface area (Å²) < 4.78 is 44.3. The van der Waals surface area contributed by atoms with E-state index in [9.17, 15) is 18.0 Å². The van der Waals surface area contributed by atoms with Crippen LogP contribution in [-0.2, 0) is 6.18 Å². The van der Waals surface area contributed by atoms with Gasteiger partial charge >= 0.3 is 6.18 Å². The fraction of sp³-hybridized carbons (Fsp3) is 0.500. The van der Waals surface area contributed by atoms with E-state index in [-0.39, 0.29) is 17.5 Å². The van der Waals surface area contributed by atoms with Gasteiger partial charge in [0.05, 0.1) is 12.2 Å². The first-order chi connectivity index (χ1) is 16.1. The molecule has 2 aromatic carbocycles. The van der Waals surface area contributed by atoms with E-state index in [2.05, 4.69) is 37.1 Å². The molecule has 1 aliphatic heterocycles. The molecular formula is C26H34F3N3O2. The first-order valence-electron chi connectivity index (χ1n) is 11.7. The maximum atomic E-state index is 12.8. The van der Waals surface area contributed by atoms with E-state index in [1.807, 2.05) is 13.1 Å². The van der Waals surface area contributed by atoms with Gasteiger partial charge in [-0.05, 0) is 87.8 Å². The molecule has 1 heterocycles. The zero-order valence-corrected chi connectivity index (χ0v) is 20.3. The first kappa shape index (κ1) is 26.0. The summed E-state index contributed by atoms with van der Waals surface area (Å²) in [6.45, 7) is 10.4. The number of ether oxygens (including phenoxy) is 1. The predicted molar refractivity (Wildman–Crippen MR) is 127 cm³/mol. The SMILES string of the molecule is CNCCCOc1ccc(C(C)N2CCN(C(=O)c3ccc(C(F)(F)F)cc3)CC2)c(C)c1C. The molecule has 0 spiro atoms. The smallest absolute Gasteiger partial charge is 0.416 e. The maximum absolute atomic E-state index is 12.8. The molecule has 0 radical (unpaired) electrons. The van der Waals surface area contributed by atoms with Crippen LogP contribution in [0.3, 0.4) is 0 Å². The summed E-state index contributed by atoms with van der Waals surface area (Å²) in [7, 11) is 1.93. The number of nitrogens with zero attached hydrogens (tertiary/aromatic N) is 2. The molecule has 5 nitrogen and oxygen atoms in total. The molecule has 0 saturated carbocycles. The van der Waals surface area contributed by atoms with Crippen LogP contribution < -0.4 is 10.1 Å². The number of carbonyl (C=O) groups is 1. The lowest BCUT2D eigenvalue weighted by Gasteiger charge is -2.39. The van der Waals surface area contributed by atoms with Crippen LogP contribution in [0.1, 0.15) is 52.0 Å². The van der Waals surface area contributed by atoms with E-state index in [0.717, 1.165) is 36.4 Å². The number of hydrogen-bond acceptors (Lipinski definition) is 4. The molecule has 3 rings (SSSR count). The largest absolute Gasteiger partial charge is 0.493 e. The van der Waals surface area contributed by atoms with Gasteiger partial charge in [-0.2, -0.15) is 13.2 Å². The third-order valence-electron chi connectivity index (χ3n) is 6.67. The molecule has 1 N–H and O–H groups in total. The molecule has 1 unspecified atom stereocenters. The Morgan fingerprint density at radius 2 is 1.68 bits per heavy atom. The third-order valence-corrected chi connectivity index (χ3v) is 6.67. The molecule has 1 saturated heterocycles. The van der Waals surface area contributed by atoms with Crippen LogP contribution in [0.4, 0.5) is 13.2 Å². The van der Waals surface area contributed by atoms with Crippen LogP contribution in [0.2, 0.25) is 0 Å². The first-order valence-corrected chi connectivity index (χ1v) is 11.7. The van der Waals surface area contributed by atoms with Gasteiger partial charge in [-0.3, -0.25) is 9.69 Å². The molecule has 1 atom stereocenters. The Morgan fingerprint density at radius 3 is 2.26 bits per heavy atom. The van der Waals surface area contributed by atoms with Crippen molar-refractivity contribution in [3.8, 4) is 5.75 Å². The van der Waals surface area contributed by atoms with Crippen LogP contribution in [0, 0.1) is 13.8 Å². The lowest BCUT2D eigenvalue weighted by Crippen LogP contribution is -2.49. The molecule has 0 aliphatic carbocycles. The highest BCUT2D eigenvalue weighted by molar-refractivity contribution is 5.94. The van der Waals surface area contributed by atoms with Gasteiger partial charge in [0.15, 0.2) is 0 Å². The fourth-order valence-electron chi connectivity index (χ4n) is 4.35. The number of piperazine rings is 1. The van der Waals surface area contributed by atoms with E-state index >= 15 is 0 Å². The Morgan fingerprint density at radius 1 is 1.03 bits per heavy atom. The number of alkyl halides is 3. The van der Waals surface area contributed by atoms with Gasteiger partial charge in [0.1, 0.15) is 5.75 Å². The summed E-state index contributed by atoms with van der Waals surface area (Å²) in [6, 6.07) is 8.79. The van der Waals surface area contributed by atoms with Crippen molar-refractivity contribution in [1.29, 1.82) is 0 Å². The standard InChI is InChI=1S/C26H34F3N3O2/c1-18-19(2)24(34-17-5-12-30-4)11-10-23(18)20(3)31-13-15-32(16-14-31)25(33)21-6-8-22(9-7-21)26(27,28)29/h6-11,20,30H,5,12-17H2,1-4H3. The van der Waals surface area contributed by atoms with E-state index in [1.54, 1.807) is 4.90 Å². The number of benzene rings is 2. The van der Waals surface area contributed by atoms with Gasteiger partial charge in [-0.1, -0.05) is 6.07 Å². The summed E-state index contributed by atoms with van der Waals surface area (Å²) in [6.07, 6.45) is -3.46. The highest BCUT2D eigenvalue weighted by Crippen LogP contribution is 2.32. The Labute approximate surface area is 199 Å². The Balaban J connectivity index is 1.59. The maximum Gasteiger partial charge on any atom is 0.416 e. The second-order valence-corrected chi connectivity index (χ2v) is 8.79. The summed E-state index contributed by atoms with van der Waals surface area (Å²) in [5.74, 6) is 0.685. The highest BCUT2D eigenvalue weighted by Gasteiger charge is 2.31. The van der Waals surface area contributed by atoms with Crippen LogP contribution in [-0.4, -0.2) is 62.1 Å². The number of hydrogen-bond donors (Lipinski definition) is 1. The minimum atomic E-state index is -4.41. The minimum Gasteiger partial charge on any atom is -0.493 e. The van der Waals surface area contributed by atoms with Crippen molar-refractivity contribution in [1.82, 2.24) is 15.1 Å². The molecule has 1 aliphatic rings. The Kier molecular flexibility index (Phi) is 8.60. The average molecular weight is 478 g/mol. The summed E-state index contributed by atoms with van der Waals surface area (Å²) in [5.41, 5.74) is 3.13. The highest BCUT2D eigenvalue weighted by atomic mass is 19.4. The van der Waals surface area contributed by atoms with Gasteiger partial charge < -0.3 is 15.0 Å². The molecule has 0 aromatic heterocycles. The Bertz CT molecular complexity index is 968. The van der Waals surface area contributed by atoms with Crippen LogP contribution in [0.25, 0.3) is 0 Å². The number of halogens is 3. The van der Waals surface area contributed by atoms with Crippen LogP contribution in [0.5, 0.6) is 5.75 Å². The van der Waals surface area contributed by atoms with Crippen molar-refractivity contribution in [2.24, 2.45) is 0 Å². The molecule has 186 valence electrons. The normalized spacial score (nSPS) is 15.9. The van der Waals surface area contributed by atoms with Gasteiger partial charge in [0.25, 0.3) is 5.91 Å². The molecule has 34 heavy (non-hydrogen) atoms. The summed E-state index contributed by atoms with van der Waals surface area (Å²) in [5, 5.41) is 3.12. The van der Waals surface area contributed by atoms with E-state index in [4.69, 9.17) is 4.74 Å². The van der Waals surface area contributed by atoms with Crippen LogP contribution >= 0.6 is 0 Å². The summed E-state index contributed by atoms with van der Waals surface area (Å²) >= 11 is 0. The van der Waals surface area contributed by atoms with Gasteiger partial charge in [0.2, 0.25) is 0 Å². The average Bonchev–Trinajstić information content (AvgIpc) is 2.83. The van der Waals surface area contributed by atoms with Crippen molar-refractivity contribution in [2.45, 2.75) is 39.4 Å². The van der Waals surface area contributed by atoms with Crippen molar-refractivity contribution in [2.75, 3.05) is 46.4 Å². The van der Waals surface area contributed by atoms with Gasteiger partial charge in [0, 0.05) is 37.8 Å². The van der Waals surface area contributed by atoms with Gasteiger partial charge in [-0.15, -0.1) is 0 Å². The number of nitrogens with one attached hydrogen (secondary N) is 1. The zero-order valence-electron chi connectivity index (χ0n) is 20.3. The number of rotatable bonds is 8. The second kappa shape index (κ2) is 11.2. The molecular weight excluding hydrogens is 443 g/mol. The summed E-state index contributed by atoms with van der Waals surface area (Å²) in [4.78, 5) is 16.8. The number of amides is 1. The zero-order chi connectivity index (χ0) is 24.9. The molecule has 1 amide bonds. The predicted octanol–water partition coefficient (Wildman–Crippen LogP) is 4.83. The minimum absolute atomic E-state index is 0.181. The molecule has 8 heteroatoms. The van der Waals surface area contributed by atoms with E-state index in [1.165, 1.54) is 23.3 Å². The van der Waals surface area contributed by atoms with Crippen molar-refractivity contribution < 1.29 is 22.7 Å². The number of carbonyl (C=O) groups excluding carboxylic acids is 1.